The molecule has 2 saturated heterocycles. The van der Waals surface area contributed by atoms with Gasteiger partial charge in [0.25, 0.3) is 0 Å². The molecule has 0 saturated carbocycles. The van der Waals surface area contributed by atoms with Crippen molar-refractivity contribution in [3.63, 3.8) is 0 Å². The molecule has 0 aromatic heterocycles. The van der Waals surface area contributed by atoms with Gasteiger partial charge in [0, 0.05) is 5.25 Å². The number of ether oxygens (including phenoxy) is 4. The lowest BCUT2D eigenvalue weighted by Gasteiger charge is -2.30. The van der Waals surface area contributed by atoms with Gasteiger partial charge < -0.3 is 33.5 Å². The summed E-state index contributed by atoms with van der Waals surface area (Å²) in [6.07, 6.45) is -2.33. The zero-order valence-electron chi connectivity index (χ0n) is 17.5. The van der Waals surface area contributed by atoms with Gasteiger partial charge in [-0.2, -0.15) is 0 Å². The Morgan fingerprint density at radius 1 is 1.14 bits per heavy atom. The lowest BCUT2D eigenvalue weighted by molar-refractivity contribution is -0.193. The van der Waals surface area contributed by atoms with E-state index in [9.17, 15) is 14.6 Å². The Morgan fingerprint density at radius 2 is 1.82 bits per heavy atom. The molecule has 0 amide bonds. The molecule has 2 aliphatic rings. The molecule has 0 aromatic carbocycles. The Balaban J connectivity index is 1.90. The van der Waals surface area contributed by atoms with E-state index in [0.717, 1.165) is 11.4 Å². The highest BCUT2D eigenvalue weighted by atomic mass is 32.7. The minimum atomic E-state index is -4.19. The molecule has 8 nitrogen and oxygen atoms in total. The minimum Gasteiger partial charge on any atom is -0.770 e. The highest BCUT2D eigenvalue weighted by Crippen LogP contribution is 2.57. The van der Waals surface area contributed by atoms with Crippen molar-refractivity contribution < 1.29 is 38.0 Å². The summed E-state index contributed by atoms with van der Waals surface area (Å²) in [5.41, 5.74) is 0. The van der Waals surface area contributed by atoms with Crippen molar-refractivity contribution in [2.75, 3.05) is 13.2 Å². The van der Waals surface area contributed by atoms with Gasteiger partial charge in [0.2, 0.25) is 0 Å². The van der Waals surface area contributed by atoms with Gasteiger partial charge in [0.1, 0.15) is 18.3 Å². The fourth-order valence-corrected chi connectivity index (χ4v) is 6.75. The molecular weight excluding hydrogens is 407 g/mol. The number of aliphatic hydroxyl groups is 1. The van der Waals surface area contributed by atoms with Crippen molar-refractivity contribution >= 4 is 18.2 Å². The van der Waals surface area contributed by atoms with E-state index in [4.69, 9.17) is 23.5 Å². The maximum Gasteiger partial charge on any atom is 0.192 e. The van der Waals surface area contributed by atoms with Gasteiger partial charge >= 0.3 is 0 Å². The first-order valence-electron chi connectivity index (χ1n) is 9.88. The molecule has 10 heteroatoms. The maximum absolute atomic E-state index is 12.5. The van der Waals surface area contributed by atoms with E-state index in [2.05, 4.69) is 0 Å². The molecule has 0 spiro atoms. The summed E-state index contributed by atoms with van der Waals surface area (Å²) in [5.74, 6) is 0. The number of aliphatic hydroxyl groups excluding tert-OH is 1. The van der Waals surface area contributed by atoms with E-state index in [-0.39, 0.29) is 36.3 Å². The van der Waals surface area contributed by atoms with Gasteiger partial charge in [0.15, 0.2) is 6.80 Å². The summed E-state index contributed by atoms with van der Waals surface area (Å²) in [5, 5.41) is 9.96. The predicted molar refractivity (Wildman–Crippen MR) is 105 cm³/mol. The van der Waals surface area contributed by atoms with Crippen LogP contribution in [0.15, 0.2) is 0 Å². The van der Waals surface area contributed by atoms with Crippen LogP contribution in [0.4, 0.5) is 0 Å². The largest absolute Gasteiger partial charge is 0.770 e. The summed E-state index contributed by atoms with van der Waals surface area (Å²) in [6, 6.07) is 0. The van der Waals surface area contributed by atoms with Gasteiger partial charge in [0.05, 0.1) is 43.7 Å². The van der Waals surface area contributed by atoms with Crippen molar-refractivity contribution in [3.05, 3.63) is 0 Å². The van der Waals surface area contributed by atoms with E-state index in [1.807, 2.05) is 34.6 Å². The van der Waals surface area contributed by atoms with Gasteiger partial charge in [-0.05, 0) is 48.0 Å². The number of hydrogen-bond donors (Lipinski definition) is 1. The normalized spacial score (nSPS) is 38.4. The molecule has 8 atom stereocenters. The number of hydrogen-bond acceptors (Lipinski definition) is 9. The average molecular weight is 442 g/mol. The van der Waals surface area contributed by atoms with Crippen molar-refractivity contribution in [1.29, 1.82) is 0 Å². The molecule has 2 heterocycles. The van der Waals surface area contributed by atoms with Crippen LogP contribution < -0.4 is 4.89 Å². The van der Waals surface area contributed by atoms with Gasteiger partial charge in [-0.3, -0.25) is 4.57 Å². The lowest BCUT2D eigenvalue weighted by atomic mass is 10.1. The van der Waals surface area contributed by atoms with Crippen molar-refractivity contribution in [2.45, 2.75) is 102 Å². The average Bonchev–Trinajstić information content (AvgIpc) is 3.04. The molecule has 2 fully saturated rings. The Hall–Kier alpha value is 0.300. The second kappa shape index (κ2) is 10.6. The quantitative estimate of drug-likeness (QED) is 0.510. The second-order valence-corrected chi connectivity index (χ2v) is 12.0. The third kappa shape index (κ3) is 7.22. The summed E-state index contributed by atoms with van der Waals surface area (Å²) in [4.78, 5) is 12.5. The first kappa shape index (κ1) is 24.6. The van der Waals surface area contributed by atoms with Crippen LogP contribution in [0.5, 0.6) is 0 Å². The molecule has 1 N–H and O–H groups in total. The smallest absolute Gasteiger partial charge is 0.192 e. The molecule has 0 radical (unpaired) electrons. The van der Waals surface area contributed by atoms with Crippen LogP contribution in [-0.4, -0.2) is 72.4 Å². The van der Waals surface area contributed by atoms with E-state index in [1.165, 1.54) is 0 Å². The third-order valence-corrected chi connectivity index (χ3v) is 8.04. The zero-order chi connectivity index (χ0) is 21.1. The fourth-order valence-electron chi connectivity index (χ4n) is 3.36. The summed E-state index contributed by atoms with van der Waals surface area (Å²) < 4.78 is 40.5. The van der Waals surface area contributed by atoms with E-state index in [0.29, 0.717) is 13.0 Å². The Bertz CT molecular complexity index is 534. The molecule has 0 aromatic rings. The predicted octanol–water partition coefficient (Wildman–Crippen LogP) is 2.12. The third-order valence-electron chi connectivity index (χ3n) is 4.64. The molecule has 2 rings (SSSR count). The molecule has 8 unspecified atom stereocenters. The summed E-state index contributed by atoms with van der Waals surface area (Å²) in [7, 11) is 0. The monoisotopic (exact) mass is 441 g/mol. The van der Waals surface area contributed by atoms with Gasteiger partial charge in [-0.25, -0.2) is 0 Å². The van der Waals surface area contributed by atoms with Crippen LogP contribution in [0.25, 0.3) is 0 Å². The minimum absolute atomic E-state index is 0.0313. The van der Waals surface area contributed by atoms with Crippen LogP contribution in [0, 0.1) is 0 Å². The van der Waals surface area contributed by atoms with Crippen molar-refractivity contribution in [2.24, 2.45) is 0 Å². The van der Waals surface area contributed by atoms with Crippen LogP contribution in [0.2, 0.25) is 0 Å². The van der Waals surface area contributed by atoms with E-state index >= 15 is 0 Å². The molecular formula is C18H34O8PS-. The first-order chi connectivity index (χ1) is 13.0. The second-order valence-electron chi connectivity index (χ2n) is 8.01. The topological polar surface area (TPSA) is 107 Å². The number of rotatable bonds is 10. The Kier molecular flexibility index (Phi) is 9.26. The SMILES string of the molecule is CC(C)OCC1OC(C)CC1SP(=O)([O-])OCC1OC(C)C(O)C1OC(C)C. The van der Waals surface area contributed by atoms with Crippen molar-refractivity contribution in [1.82, 2.24) is 0 Å². The van der Waals surface area contributed by atoms with Crippen LogP contribution in [0.3, 0.4) is 0 Å². The van der Waals surface area contributed by atoms with Gasteiger partial charge in [-0.15, -0.1) is 0 Å². The highest BCUT2D eigenvalue weighted by Gasteiger charge is 2.43. The van der Waals surface area contributed by atoms with Crippen LogP contribution in [0.1, 0.15) is 48.0 Å². The molecule has 28 heavy (non-hydrogen) atoms. The maximum atomic E-state index is 12.5. The Morgan fingerprint density at radius 3 is 2.43 bits per heavy atom. The van der Waals surface area contributed by atoms with E-state index < -0.39 is 31.2 Å². The Labute approximate surface area is 171 Å². The fraction of sp³-hybridized carbons (Fsp3) is 1.00. The zero-order valence-corrected chi connectivity index (χ0v) is 19.2. The first-order valence-corrected chi connectivity index (χ1v) is 12.9. The molecule has 0 bridgehead atoms. The standard InChI is InChI=1S/C18H35O8PS/c1-10(2)22-8-14-16(7-12(5)25-14)28-27(20,21)23-9-15-18(24-11(3)4)17(19)13(6)26-15/h10-19H,7-9H2,1-6H3,(H,20,21)/p-1. The van der Waals surface area contributed by atoms with Crippen LogP contribution in [-0.2, 0) is 28.0 Å². The summed E-state index contributed by atoms with van der Waals surface area (Å²) in [6.45, 7) is 7.16. The molecule has 166 valence electrons. The van der Waals surface area contributed by atoms with Gasteiger partial charge in [-0.1, -0.05) is 11.4 Å². The molecule has 0 aliphatic carbocycles. The van der Waals surface area contributed by atoms with Crippen molar-refractivity contribution in [3.8, 4) is 0 Å². The van der Waals surface area contributed by atoms with Crippen LogP contribution >= 0.6 is 18.2 Å². The lowest BCUT2D eigenvalue weighted by Crippen LogP contribution is -2.38. The molecule has 2 aliphatic heterocycles. The highest BCUT2D eigenvalue weighted by molar-refractivity contribution is 8.54. The summed E-state index contributed by atoms with van der Waals surface area (Å²) >= 11 is 0.787. The van der Waals surface area contributed by atoms with E-state index in [1.54, 1.807) is 6.92 Å².